The van der Waals surface area contributed by atoms with E-state index in [0.29, 0.717) is 17.2 Å². The van der Waals surface area contributed by atoms with Crippen molar-refractivity contribution in [2.75, 3.05) is 11.9 Å². The largest absolute Gasteiger partial charge is 0.493 e. The third-order valence-corrected chi connectivity index (χ3v) is 4.13. The van der Waals surface area contributed by atoms with Crippen molar-refractivity contribution in [3.05, 3.63) is 84.2 Å². The Morgan fingerprint density at radius 3 is 2.85 bits per heavy atom. The predicted octanol–water partition coefficient (Wildman–Crippen LogP) is 4.46. The molecule has 0 fully saturated rings. The molecule has 0 unspecified atom stereocenters. The van der Waals surface area contributed by atoms with Gasteiger partial charge in [0.1, 0.15) is 17.2 Å². The van der Waals surface area contributed by atoms with E-state index in [9.17, 15) is 4.79 Å². The molecule has 3 aromatic rings. The van der Waals surface area contributed by atoms with E-state index in [1.54, 1.807) is 36.7 Å². The Hall–Kier alpha value is -3.60. The molecule has 1 aromatic heterocycles. The number of fused-ring (bicyclic) bond motifs is 1. The molecule has 0 radical (unpaired) electrons. The Kier molecular flexibility index (Phi) is 4.83. The first-order valence-corrected chi connectivity index (χ1v) is 8.69. The van der Waals surface area contributed by atoms with Crippen LogP contribution in [0.2, 0.25) is 0 Å². The van der Waals surface area contributed by atoms with Gasteiger partial charge in [0.15, 0.2) is 0 Å². The minimum atomic E-state index is -0.201. The molecule has 134 valence electrons. The highest BCUT2D eigenvalue weighted by atomic mass is 16.5. The number of rotatable bonds is 5. The summed E-state index contributed by atoms with van der Waals surface area (Å²) in [5.74, 6) is 2.06. The van der Waals surface area contributed by atoms with E-state index in [-0.39, 0.29) is 5.91 Å². The molecule has 0 bridgehead atoms. The standard InChI is InChI=1S/C22H18N2O3/c25-22(7-5-16-4-6-21-17(14-16)10-13-26-21)24-18-2-1-3-20(15-18)27-19-8-11-23-12-9-19/h1-9,11-12,14-15H,10,13H2,(H,24,25)/b7-5+. The summed E-state index contributed by atoms with van der Waals surface area (Å²) < 4.78 is 11.2. The van der Waals surface area contributed by atoms with Gasteiger partial charge in [0.2, 0.25) is 5.91 Å². The molecule has 0 spiro atoms. The van der Waals surface area contributed by atoms with Gasteiger partial charge in [-0.3, -0.25) is 9.78 Å². The Balaban J connectivity index is 1.40. The maximum Gasteiger partial charge on any atom is 0.248 e. The average molecular weight is 358 g/mol. The van der Waals surface area contributed by atoms with Gasteiger partial charge in [-0.1, -0.05) is 12.1 Å². The second-order valence-corrected chi connectivity index (χ2v) is 6.10. The monoisotopic (exact) mass is 358 g/mol. The first kappa shape index (κ1) is 16.8. The van der Waals surface area contributed by atoms with Gasteiger partial charge in [-0.05, 0) is 53.6 Å². The molecule has 0 saturated carbocycles. The number of nitrogens with one attached hydrogen (secondary N) is 1. The Labute approximate surface area is 157 Å². The van der Waals surface area contributed by atoms with Gasteiger partial charge in [0, 0.05) is 36.6 Å². The van der Waals surface area contributed by atoms with Crippen molar-refractivity contribution in [3.8, 4) is 17.2 Å². The molecular formula is C22H18N2O3. The van der Waals surface area contributed by atoms with Crippen molar-refractivity contribution in [2.24, 2.45) is 0 Å². The number of ether oxygens (including phenoxy) is 2. The van der Waals surface area contributed by atoms with Crippen molar-refractivity contribution >= 4 is 17.7 Å². The number of aromatic nitrogens is 1. The number of anilines is 1. The zero-order valence-electron chi connectivity index (χ0n) is 14.6. The average Bonchev–Trinajstić information content (AvgIpc) is 3.15. The third-order valence-electron chi connectivity index (χ3n) is 4.13. The lowest BCUT2D eigenvalue weighted by atomic mass is 10.1. The summed E-state index contributed by atoms with van der Waals surface area (Å²) in [6.07, 6.45) is 7.56. The van der Waals surface area contributed by atoms with Gasteiger partial charge in [-0.15, -0.1) is 0 Å². The van der Waals surface area contributed by atoms with E-state index in [1.807, 2.05) is 30.3 Å². The van der Waals surface area contributed by atoms with Crippen LogP contribution in [-0.2, 0) is 11.2 Å². The number of hydrogen-bond acceptors (Lipinski definition) is 4. The van der Waals surface area contributed by atoms with Crippen LogP contribution in [0, 0.1) is 0 Å². The molecule has 2 aromatic carbocycles. The lowest BCUT2D eigenvalue weighted by molar-refractivity contribution is -0.111. The predicted molar refractivity (Wildman–Crippen MR) is 104 cm³/mol. The number of carbonyl (C=O) groups is 1. The van der Waals surface area contributed by atoms with E-state index in [1.165, 1.54) is 11.6 Å². The maximum atomic E-state index is 12.2. The molecule has 5 nitrogen and oxygen atoms in total. The fraction of sp³-hybridized carbons (Fsp3) is 0.0909. The molecule has 5 heteroatoms. The van der Waals surface area contributed by atoms with Gasteiger partial charge >= 0.3 is 0 Å². The van der Waals surface area contributed by atoms with E-state index >= 15 is 0 Å². The summed E-state index contributed by atoms with van der Waals surface area (Å²) in [4.78, 5) is 16.2. The van der Waals surface area contributed by atoms with Gasteiger partial charge < -0.3 is 14.8 Å². The van der Waals surface area contributed by atoms with Crippen molar-refractivity contribution in [2.45, 2.75) is 6.42 Å². The van der Waals surface area contributed by atoms with Crippen LogP contribution in [0.4, 0.5) is 5.69 Å². The molecule has 4 rings (SSSR count). The molecule has 1 N–H and O–H groups in total. The molecule has 1 aliphatic heterocycles. The number of nitrogens with zero attached hydrogens (tertiary/aromatic N) is 1. The summed E-state index contributed by atoms with van der Waals surface area (Å²) in [7, 11) is 0. The first-order valence-electron chi connectivity index (χ1n) is 8.69. The third kappa shape index (κ3) is 4.33. The molecule has 0 aliphatic carbocycles. The number of benzene rings is 2. The van der Waals surface area contributed by atoms with E-state index < -0.39 is 0 Å². The topological polar surface area (TPSA) is 60.5 Å². The highest BCUT2D eigenvalue weighted by molar-refractivity contribution is 6.02. The summed E-state index contributed by atoms with van der Waals surface area (Å²) in [6.45, 7) is 0.723. The lowest BCUT2D eigenvalue weighted by Crippen LogP contribution is -2.07. The number of carbonyl (C=O) groups excluding carboxylic acids is 1. The number of hydrogen-bond donors (Lipinski definition) is 1. The minimum Gasteiger partial charge on any atom is -0.493 e. The maximum absolute atomic E-state index is 12.2. The van der Waals surface area contributed by atoms with Gasteiger partial charge in [-0.25, -0.2) is 0 Å². The quantitative estimate of drug-likeness (QED) is 0.684. The van der Waals surface area contributed by atoms with E-state index in [2.05, 4.69) is 16.4 Å². The second-order valence-electron chi connectivity index (χ2n) is 6.10. The van der Waals surface area contributed by atoms with Gasteiger partial charge in [0.05, 0.1) is 6.61 Å². The molecule has 1 aliphatic rings. The summed E-state index contributed by atoms with van der Waals surface area (Å²) in [5.41, 5.74) is 2.82. The molecule has 1 amide bonds. The van der Waals surface area contributed by atoms with E-state index in [4.69, 9.17) is 9.47 Å². The fourth-order valence-corrected chi connectivity index (χ4v) is 2.85. The molecule has 0 atom stereocenters. The van der Waals surface area contributed by atoms with Crippen molar-refractivity contribution in [3.63, 3.8) is 0 Å². The second kappa shape index (κ2) is 7.74. The molecular weight excluding hydrogens is 340 g/mol. The normalized spacial score (nSPS) is 12.4. The number of amides is 1. The molecule has 0 saturated heterocycles. The van der Waals surface area contributed by atoms with E-state index in [0.717, 1.165) is 24.3 Å². The SMILES string of the molecule is O=C(/C=C/c1ccc2c(c1)CCO2)Nc1cccc(Oc2ccncc2)c1. The zero-order valence-corrected chi connectivity index (χ0v) is 14.6. The van der Waals surface area contributed by atoms with Crippen molar-refractivity contribution in [1.82, 2.24) is 4.98 Å². The van der Waals surface area contributed by atoms with Crippen LogP contribution in [0.3, 0.4) is 0 Å². The lowest BCUT2D eigenvalue weighted by Gasteiger charge is -2.07. The van der Waals surface area contributed by atoms with Crippen LogP contribution in [0.25, 0.3) is 6.08 Å². The zero-order chi connectivity index (χ0) is 18.5. The minimum absolute atomic E-state index is 0.201. The fourth-order valence-electron chi connectivity index (χ4n) is 2.85. The smallest absolute Gasteiger partial charge is 0.248 e. The van der Waals surface area contributed by atoms with Crippen LogP contribution in [0.1, 0.15) is 11.1 Å². The Bertz CT molecular complexity index is 984. The van der Waals surface area contributed by atoms with Crippen LogP contribution in [0.5, 0.6) is 17.2 Å². The van der Waals surface area contributed by atoms with Gasteiger partial charge in [0.25, 0.3) is 0 Å². The number of pyridine rings is 1. The Morgan fingerprint density at radius 2 is 1.96 bits per heavy atom. The highest BCUT2D eigenvalue weighted by Gasteiger charge is 2.11. The van der Waals surface area contributed by atoms with Crippen LogP contribution in [-0.4, -0.2) is 17.5 Å². The first-order chi connectivity index (χ1) is 13.3. The van der Waals surface area contributed by atoms with Crippen molar-refractivity contribution < 1.29 is 14.3 Å². The Morgan fingerprint density at radius 1 is 1.07 bits per heavy atom. The van der Waals surface area contributed by atoms with Crippen LogP contribution in [0.15, 0.2) is 73.1 Å². The summed E-state index contributed by atoms with van der Waals surface area (Å²) >= 11 is 0. The van der Waals surface area contributed by atoms with Crippen LogP contribution < -0.4 is 14.8 Å². The van der Waals surface area contributed by atoms with Crippen LogP contribution >= 0.6 is 0 Å². The molecule has 2 heterocycles. The summed E-state index contributed by atoms with van der Waals surface area (Å²) in [5, 5.41) is 2.85. The molecule has 27 heavy (non-hydrogen) atoms. The van der Waals surface area contributed by atoms with Gasteiger partial charge in [-0.2, -0.15) is 0 Å². The summed E-state index contributed by atoms with van der Waals surface area (Å²) in [6, 6.07) is 16.7. The van der Waals surface area contributed by atoms with Crippen molar-refractivity contribution in [1.29, 1.82) is 0 Å². The highest BCUT2D eigenvalue weighted by Crippen LogP contribution is 2.26.